The van der Waals surface area contributed by atoms with Gasteiger partial charge in [0.2, 0.25) is 10.0 Å². The van der Waals surface area contributed by atoms with Crippen LogP contribution in [0.2, 0.25) is 0 Å². The van der Waals surface area contributed by atoms with Gasteiger partial charge in [-0.15, -0.1) is 0 Å². The van der Waals surface area contributed by atoms with Gasteiger partial charge in [0.25, 0.3) is 11.8 Å². The molecule has 0 bridgehead atoms. The van der Waals surface area contributed by atoms with Crippen LogP contribution in [-0.2, 0) is 32.5 Å². The van der Waals surface area contributed by atoms with Gasteiger partial charge in [0, 0.05) is 13.1 Å². The van der Waals surface area contributed by atoms with Crippen LogP contribution in [0, 0.1) is 0 Å². The van der Waals surface area contributed by atoms with E-state index in [0.717, 1.165) is 21.9 Å². The predicted molar refractivity (Wildman–Crippen MR) is 166 cm³/mol. The number of hydrazone groups is 1. The Bertz CT molecular complexity index is 1580. The van der Waals surface area contributed by atoms with Gasteiger partial charge in [-0.3, -0.25) is 9.59 Å². The molecule has 4 aromatic rings. The average Bonchev–Trinajstić information content (AvgIpc) is 3.04. The van der Waals surface area contributed by atoms with Gasteiger partial charge in [-0.05, 0) is 65.9 Å². The minimum atomic E-state index is -3.90. The van der Waals surface area contributed by atoms with Crippen LogP contribution in [0.3, 0.4) is 0 Å². The third-order valence-electron chi connectivity index (χ3n) is 6.43. The molecule has 0 aliphatic heterocycles. The lowest BCUT2D eigenvalue weighted by molar-refractivity contribution is -0.123. The minimum absolute atomic E-state index is 0.106. The molecule has 0 fully saturated rings. The molecule has 4 aromatic carbocycles. The van der Waals surface area contributed by atoms with Crippen LogP contribution in [-0.4, -0.2) is 57.0 Å². The fourth-order valence-corrected chi connectivity index (χ4v) is 5.56. The Morgan fingerprint density at radius 2 is 1.33 bits per heavy atom. The van der Waals surface area contributed by atoms with E-state index in [9.17, 15) is 18.0 Å². The molecule has 2 amide bonds. The maximum absolute atomic E-state index is 13.3. The summed E-state index contributed by atoms with van der Waals surface area (Å²) in [5.41, 5.74) is 5.20. The van der Waals surface area contributed by atoms with Crippen molar-refractivity contribution in [2.75, 3.05) is 26.2 Å². The third-order valence-corrected chi connectivity index (χ3v) is 8.28. The number of amides is 2. The molecule has 0 radical (unpaired) electrons. The van der Waals surface area contributed by atoms with Crippen molar-refractivity contribution < 1.29 is 22.7 Å². The first kappa shape index (κ1) is 31.1. The second kappa shape index (κ2) is 16.0. The van der Waals surface area contributed by atoms with E-state index < -0.39 is 15.9 Å². The van der Waals surface area contributed by atoms with Crippen LogP contribution in [0.1, 0.15) is 16.7 Å². The quantitative estimate of drug-likeness (QED) is 0.160. The highest BCUT2D eigenvalue weighted by Gasteiger charge is 2.26. The fraction of sp³-hybridized carbons (Fsp3) is 0.182. The number of hydrogen-bond acceptors (Lipinski definition) is 6. The van der Waals surface area contributed by atoms with Gasteiger partial charge in [-0.2, -0.15) is 9.41 Å². The zero-order valence-corrected chi connectivity index (χ0v) is 24.5. The second-order valence-electron chi connectivity index (χ2n) is 9.62. The standard InChI is InChI=1S/C33H34N4O5S/c38-32(25-37(23-21-28-12-6-2-7-13-28)43(40,41)31-14-8-3-9-15-31)36-35-24-29-16-18-30(19-17-29)42-26-33(39)34-22-20-27-10-4-1-5-11-27/h1-19,24H,20-23,25-26H2,(H,34,39)(H,36,38)/b35-24-. The van der Waals surface area contributed by atoms with E-state index in [1.54, 1.807) is 42.5 Å². The zero-order chi connectivity index (χ0) is 30.3. The average molecular weight is 599 g/mol. The van der Waals surface area contributed by atoms with Crippen molar-refractivity contribution in [3.8, 4) is 5.75 Å². The lowest BCUT2D eigenvalue weighted by Gasteiger charge is -2.21. The lowest BCUT2D eigenvalue weighted by atomic mass is 10.1. The van der Waals surface area contributed by atoms with Crippen molar-refractivity contribution in [2.45, 2.75) is 17.7 Å². The number of nitrogens with one attached hydrogen (secondary N) is 2. The molecule has 0 aliphatic rings. The molecule has 2 N–H and O–H groups in total. The summed E-state index contributed by atoms with van der Waals surface area (Å²) in [6.45, 7) is 0.160. The lowest BCUT2D eigenvalue weighted by Crippen LogP contribution is -2.40. The van der Waals surface area contributed by atoms with E-state index in [-0.39, 0.29) is 30.5 Å². The number of hydrogen-bond donors (Lipinski definition) is 2. The van der Waals surface area contributed by atoms with Crippen molar-refractivity contribution in [3.05, 3.63) is 132 Å². The van der Waals surface area contributed by atoms with Gasteiger partial charge >= 0.3 is 0 Å². The summed E-state index contributed by atoms with van der Waals surface area (Å²) in [5.74, 6) is -0.266. The molecule has 9 nitrogen and oxygen atoms in total. The molecule has 0 aliphatic carbocycles. The molecule has 0 saturated heterocycles. The number of nitrogens with zero attached hydrogens (tertiary/aromatic N) is 2. The number of carbonyl (C=O) groups is 2. The summed E-state index contributed by atoms with van der Waals surface area (Å²) < 4.78 is 33.3. The minimum Gasteiger partial charge on any atom is -0.484 e. The first-order valence-corrected chi connectivity index (χ1v) is 15.3. The summed E-state index contributed by atoms with van der Waals surface area (Å²) in [6, 6.07) is 34.3. The Balaban J connectivity index is 1.25. The summed E-state index contributed by atoms with van der Waals surface area (Å²) in [5, 5.41) is 6.81. The maximum atomic E-state index is 13.3. The highest BCUT2D eigenvalue weighted by molar-refractivity contribution is 7.89. The van der Waals surface area contributed by atoms with Gasteiger partial charge in [0.05, 0.1) is 17.7 Å². The molecule has 0 saturated carbocycles. The smallest absolute Gasteiger partial charge is 0.257 e. The molecular weight excluding hydrogens is 564 g/mol. The van der Waals surface area contributed by atoms with Crippen LogP contribution in [0.15, 0.2) is 125 Å². The molecular formula is C33H34N4O5S. The second-order valence-corrected chi connectivity index (χ2v) is 11.6. The number of benzene rings is 4. The van der Waals surface area contributed by atoms with Crippen LogP contribution in [0.5, 0.6) is 5.75 Å². The Labute approximate surface area is 252 Å². The van der Waals surface area contributed by atoms with Crippen molar-refractivity contribution in [1.29, 1.82) is 0 Å². The van der Waals surface area contributed by atoms with E-state index in [1.807, 2.05) is 60.7 Å². The van der Waals surface area contributed by atoms with Crippen molar-refractivity contribution in [1.82, 2.24) is 15.0 Å². The number of carbonyl (C=O) groups excluding carboxylic acids is 2. The normalized spacial score (nSPS) is 11.4. The molecule has 0 aromatic heterocycles. The summed E-state index contributed by atoms with van der Waals surface area (Å²) in [4.78, 5) is 24.9. The first-order chi connectivity index (χ1) is 20.9. The summed E-state index contributed by atoms with van der Waals surface area (Å²) >= 11 is 0. The van der Waals surface area contributed by atoms with Crippen LogP contribution in [0.25, 0.3) is 0 Å². The summed E-state index contributed by atoms with van der Waals surface area (Å²) in [6.07, 6.45) is 2.64. The van der Waals surface area contributed by atoms with E-state index in [0.29, 0.717) is 24.3 Å². The highest BCUT2D eigenvalue weighted by atomic mass is 32.2. The topological polar surface area (TPSA) is 117 Å². The third kappa shape index (κ3) is 10.2. The Morgan fingerprint density at radius 1 is 0.744 bits per heavy atom. The van der Waals surface area contributed by atoms with Gasteiger partial charge in [-0.1, -0.05) is 78.9 Å². The van der Waals surface area contributed by atoms with E-state index >= 15 is 0 Å². The molecule has 222 valence electrons. The van der Waals surface area contributed by atoms with Crippen molar-refractivity contribution in [2.24, 2.45) is 5.10 Å². The van der Waals surface area contributed by atoms with Crippen LogP contribution in [0.4, 0.5) is 0 Å². The Kier molecular flexibility index (Phi) is 11.6. The molecule has 43 heavy (non-hydrogen) atoms. The largest absolute Gasteiger partial charge is 0.484 e. The number of sulfonamides is 1. The predicted octanol–water partition coefficient (Wildman–Crippen LogP) is 3.81. The molecule has 4 rings (SSSR count). The summed E-state index contributed by atoms with van der Waals surface area (Å²) in [7, 11) is -3.90. The molecule has 0 atom stereocenters. The molecule has 10 heteroatoms. The number of ether oxygens (including phenoxy) is 1. The van der Waals surface area contributed by atoms with Gasteiger partial charge in [0.15, 0.2) is 6.61 Å². The highest BCUT2D eigenvalue weighted by Crippen LogP contribution is 2.16. The molecule has 0 spiro atoms. The molecule has 0 unspecified atom stereocenters. The van der Waals surface area contributed by atoms with Crippen LogP contribution < -0.4 is 15.5 Å². The van der Waals surface area contributed by atoms with E-state index in [1.165, 1.54) is 18.3 Å². The Morgan fingerprint density at radius 3 is 1.95 bits per heavy atom. The fourth-order valence-electron chi connectivity index (χ4n) is 4.14. The first-order valence-electron chi connectivity index (χ1n) is 13.8. The van der Waals surface area contributed by atoms with Gasteiger partial charge in [0.1, 0.15) is 5.75 Å². The maximum Gasteiger partial charge on any atom is 0.257 e. The van der Waals surface area contributed by atoms with E-state index in [4.69, 9.17) is 4.74 Å². The molecule has 0 heterocycles. The van der Waals surface area contributed by atoms with E-state index in [2.05, 4.69) is 15.8 Å². The SMILES string of the molecule is O=C(COc1ccc(/C=N\NC(=O)CN(CCc2ccccc2)S(=O)(=O)c2ccccc2)cc1)NCCc1ccccc1. The van der Waals surface area contributed by atoms with Gasteiger partial charge < -0.3 is 10.1 Å². The number of rotatable bonds is 15. The Hall–Kier alpha value is -4.80. The zero-order valence-electron chi connectivity index (χ0n) is 23.6. The van der Waals surface area contributed by atoms with Gasteiger partial charge in [-0.25, -0.2) is 13.8 Å². The monoisotopic (exact) mass is 598 g/mol. The van der Waals surface area contributed by atoms with Crippen molar-refractivity contribution in [3.63, 3.8) is 0 Å². The van der Waals surface area contributed by atoms with Crippen LogP contribution >= 0.6 is 0 Å². The van der Waals surface area contributed by atoms with Crippen molar-refractivity contribution >= 4 is 28.1 Å².